The second-order valence-electron chi connectivity index (χ2n) is 3.29. The van der Waals surface area contributed by atoms with E-state index in [1.807, 2.05) is 18.0 Å². The third kappa shape index (κ3) is 1.16. The molecule has 0 radical (unpaired) electrons. The summed E-state index contributed by atoms with van der Waals surface area (Å²) in [6, 6.07) is 8.48. The van der Waals surface area contributed by atoms with E-state index in [-0.39, 0.29) is 0 Å². The maximum atomic E-state index is 4.41. The van der Waals surface area contributed by atoms with Gasteiger partial charge in [-0.1, -0.05) is 18.2 Å². The van der Waals surface area contributed by atoms with E-state index >= 15 is 0 Å². The SMILES string of the molecule is c1ccc2c(c1)SCCn1ccnc1-2. The normalized spacial score (nSPS) is 14.3. The summed E-state index contributed by atoms with van der Waals surface area (Å²) in [6.45, 7) is 1.05. The number of thioether (sulfide) groups is 1. The molecule has 2 aromatic rings. The molecule has 2 heterocycles. The summed E-state index contributed by atoms with van der Waals surface area (Å²) in [6.07, 6.45) is 3.93. The van der Waals surface area contributed by atoms with Crippen LogP contribution < -0.4 is 0 Å². The average molecular weight is 202 g/mol. The van der Waals surface area contributed by atoms with Crippen molar-refractivity contribution < 1.29 is 0 Å². The molecule has 0 fully saturated rings. The van der Waals surface area contributed by atoms with Gasteiger partial charge < -0.3 is 4.57 Å². The fourth-order valence-electron chi connectivity index (χ4n) is 1.77. The Hall–Kier alpha value is -1.22. The second-order valence-corrected chi connectivity index (χ2v) is 4.43. The number of aromatic nitrogens is 2. The topological polar surface area (TPSA) is 17.8 Å². The maximum Gasteiger partial charge on any atom is 0.141 e. The summed E-state index contributed by atoms with van der Waals surface area (Å²) >= 11 is 1.91. The molecule has 1 aromatic carbocycles. The Morgan fingerprint density at radius 2 is 2.21 bits per heavy atom. The monoisotopic (exact) mass is 202 g/mol. The highest BCUT2D eigenvalue weighted by Crippen LogP contribution is 2.33. The van der Waals surface area contributed by atoms with Crippen molar-refractivity contribution >= 4 is 11.8 Å². The first-order chi connectivity index (χ1) is 6.95. The van der Waals surface area contributed by atoms with Crippen molar-refractivity contribution in [1.82, 2.24) is 9.55 Å². The van der Waals surface area contributed by atoms with E-state index in [1.165, 1.54) is 10.5 Å². The van der Waals surface area contributed by atoms with Crippen molar-refractivity contribution in [2.75, 3.05) is 5.75 Å². The number of benzene rings is 1. The van der Waals surface area contributed by atoms with Crippen LogP contribution in [0.15, 0.2) is 41.6 Å². The molecule has 0 spiro atoms. The van der Waals surface area contributed by atoms with E-state index in [4.69, 9.17) is 0 Å². The van der Waals surface area contributed by atoms with Crippen LogP contribution in [0.1, 0.15) is 0 Å². The zero-order chi connectivity index (χ0) is 9.38. The first-order valence-electron chi connectivity index (χ1n) is 4.68. The molecule has 1 aliphatic rings. The van der Waals surface area contributed by atoms with E-state index in [1.54, 1.807) is 0 Å². The molecule has 70 valence electrons. The number of imidazole rings is 1. The van der Waals surface area contributed by atoms with Crippen molar-refractivity contribution in [2.45, 2.75) is 11.4 Å². The minimum atomic E-state index is 1.05. The van der Waals surface area contributed by atoms with Gasteiger partial charge >= 0.3 is 0 Å². The number of fused-ring (bicyclic) bond motifs is 3. The fraction of sp³-hybridized carbons (Fsp3) is 0.182. The van der Waals surface area contributed by atoms with Crippen molar-refractivity contribution in [1.29, 1.82) is 0 Å². The molecule has 1 aliphatic heterocycles. The van der Waals surface area contributed by atoms with Gasteiger partial charge in [-0.25, -0.2) is 4.98 Å². The summed E-state index contributed by atoms with van der Waals surface area (Å²) in [4.78, 5) is 5.75. The second kappa shape index (κ2) is 3.17. The van der Waals surface area contributed by atoms with Crippen LogP contribution in [0.5, 0.6) is 0 Å². The van der Waals surface area contributed by atoms with Crippen LogP contribution in [0, 0.1) is 0 Å². The third-order valence-electron chi connectivity index (χ3n) is 2.43. The Kier molecular flexibility index (Phi) is 1.84. The Labute approximate surface area is 87.0 Å². The van der Waals surface area contributed by atoms with E-state index in [0.717, 1.165) is 18.1 Å². The fourth-order valence-corrected chi connectivity index (χ4v) is 2.76. The van der Waals surface area contributed by atoms with Crippen LogP contribution in [-0.4, -0.2) is 15.3 Å². The highest BCUT2D eigenvalue weighted by Gasteiger charge is 2.13. The number of hydrogen-bond acceptors (Lipinski definition) is 2. The van der Waals surface area contributed by atoms with Gasteiger partial charge in [-0.15, -0.1) is 11.8 Å². The summed E-state index contributed by atoms with van der Waals surface area (Å²) in [5.41, 5.74) is 1.26. The third-order valence-corrected chi connectivity index (χ3v) is 3.49. The standard InChI is InChI=1S/C11H10N2S/c1-2-4-10-9(3-1)11-12-5-6-13(11)7-8-14-10/h1-6H,7-8H2. The van der Waals surface area contributed by atoms with Crippen LogP contribution in [0.25, 0.3) is 11.4 Å². The number of hydrogen-bond donors (Lipinski definition) is 0. The van der Waals surface area contributed by atoms with E-state index in [0.29, 0.717) is 0 Å². The molecule has 0 unspecified atom stereocenters. The Morgan fingerprint density at radius 1 is 1.29 bits per heavy atom. The summed E-state index contributed by atoms with van der Waals surface area (Å²) in [5, 5.41) is 0. The van der Waals surface area contributed by atoms with Gasteiger partial charge in [-0.05, 0) is 6.07 Å². The van der Waals surface area contributed by atoms with E-state index in [9.17, 15) is 0 Å². The Bertz CT molecular complexity index is 462. The largest absolute Gasteiger partial charge is 0.330 e. The molecular weight excluding hydrogens is 192 g/mol. The lowest BCUT2D eigenvalue weighted by Gasteiger charge is -2.03. The molecule has 2 nitrogen and oxygen atoms in total. The lowest BCUT2D eigenvalue weighted by molar-refractivity contribution is 0.783. The number of aryl methyl sites for hydroxylation is 1. The molecule has 1 aromatic heterocycles. The minimum Gasteiger partial charge on any atom is -0.330 e. The minimum absolute atomic E-state index is 1.05. The van der Waals surface area contributed by atoms with Gasteiger partial charge in [0, 0.05) is 35.2 Å². The molecule has 3 rings (SSSR count). The smallest absolute Gasteiger partial charge is 0.141 e. The van der Waals surface area contributed by atoms with Crippen molar-refractivity contribution in [3.05, 3.63) is 36.7 Å². The molecule has 0 amide bonds. The summed E-state index contributed by atoms with van der Waals surface area (Å²) in [7, 11) is 0. The number of rotatable bonds is 0. The molecule has 3 heteroatoms. The zero-order valence-corrected chi connectivity index (χ0v) is 8.50. The zero-order valence-electron chi connectivity index (χ0n) is 7.68. The van der Waals surface area contributed by atoms with Crippen LogP contribution >= 0.6 is 11.8 Å². The van der Waals surface area contributed by atoms with Gasteiger partial charge in [0.1, 0.15) is 5.82 Å². The van der Waals surface area contributed by atoms with Gasteiger partial charge in [-0.2, -0.15) is 0 Å². The average Bonchev–Trinajstić information content (AvgIpc) is 2.61. The molecular formula is C11H10N2S. The van der Waals surface area contributed by atoms with Gasteiger partial charge in [0.2, 0.25) is 0 Å². The van der Waals surface area contributed by atoms with E-state index < -0.39 is 0 Å². The number of nitrogens with zero attached hydrogens (tertiary/aromatic N) is 2. The summed E-state index contributed by atoms with van der Waals surface area (Å²) in [5.74, 6) is 2.23. The van der Waals surface area contributed by atoms with Gasteiger partial charge in [0.15, 0.2) is 0 Å². The Balaban J connectivity index is 2.27. The van der Waals surface area contributed by atoms with Crippen molar-refractivity contribution in [2.24, 2.45) is 0 Å². The predicted octanol–water partition coefficient (Wildman–Crippen LogP) is 2.66. The molecule has 0 aliphatic carbocycles. The molecule has 0 saturated carbocycles. The van der Waals surface area contributed by atoms with Crippen molar-refractivity contribution in [3.8, 4) is 11.4 Å². The van der Waals surface area contributed by atoms with Crippen LogP contribution in [0.2, 0.25) is 0 Å². The molecule has 0 bridgehead atoms. The summed E-state index contributed by atoms with van der Waals surface area (Å²) < 4.78 is 2.22. The molecule has 0 saturated heterocycles. The van der Waals surface area contributed by atoms with Gasteiger partial charge in [0.05, 0.1) is 0 Å². The first-order valence-corrected chi connectivity index (χ1v) is 5.67. The molecule has 0 N–H and O–H groups in total. The molecule has 14 heavy (non-hydrogen) atoms. The van der Waals surface area contributed by atoms with Gasteiger partial charge in [0.25, 0.3) is 0 Å². The van der Waals surface area contributed by atoms with Crippen LogP contribution in [0.3, 0.4) is 0 Å². The maximum absolute atomic E-state index is 4.41. The van der Waals surface area contributed by atoms with E-state index in [2.05, 4.69) is 40.0 Å². The van der Waals surface area contributed by atoms with Gasteiger partial charge in [-0.3, -0.25) is 0 Å². The lowest BCUT2D eigenvalue weighted by Crippen LogP contribution is -1.98. The van der Waals surface area contributed by atoms with Crippen LogP contribution in [-0.2, 0) is 6.54 Å². The Morgan fingerprint density at radius 3 is 3.21 bits per heavy atom. The quantitative estimate of drug-likeness (QED) is 0.653. The highest BCUT2D eigenvalue weighted by molar-refractivity contribution is 7.99. The lowest BCUT2D eigenvalue weighted by atomic mass is 10.2. The highest BCUT2D eigenvalue weighted by atomic mass is 32.2. The van der Waals surface area contributed by atoms with Crippen LogP contribution in [0.4, 0.5) is 0 Å². The predicted molar refractivity (Wildman–Crippen MR) is 58.4 cm³/mol. The first kappa shape index (κ1) is 8.12. The van der Waals surface area contributed by atoms with Crippen molar-refractivity contribution in [3.63, 3.8) is 0 Å². The molecule has 0 atom stereocenters.